The highest BCUT2D eigenvalue weighted by atomic mass is 35.5. The highest BCUT2D eigenvalue weighted by Crippen LogP contribution is 2.28. The van der Waals surface area contributed by atoms with Crippen molar-refractivity contribution >= 4 is 56.0 Å². The summed E-state index contributed by atoms with van der Waals surface area (Å²) in [6.45, 7) is 2.08. The Labute approximate surface area is 170 Å². The summed E-state index contributed by atoms with van der Waals surface area (Å²) in [5, 5.41) is 3.87. The van der Waals surface area contributed by atoms with E-state index < -0.39 is 0 Å². The summed E-state index contributed by atoms with van der Waals surface area (Å²) < 4.78 is 0.893. The molecule has 1 aliphatic rings. The van der Waals surface area contributed by atoms with Crippen LogP contribution in [0.4, 0.5) is 5.13 Å². The lowest BCUT2D eigenvalue weighted by atomic mass is 10.1. The summed E-state index contributed by atoms with van der Waals surface area (Å²) in [5.74, 6) is -0.812. The van der Waals surface area contributed by atoms with Crippen LogP contribution in [-0.4, -0.2) is 34.2 Å². The van der Waals surface area contributed by atoms with Gasteiger partial charge in [-0.1, -0.05) is 34.6 Å². The second-order valence-corrected chi connectivity index (χ2v) is 8.06. The van der Waals surface area contributed by atoms with Gasteiger partial charge in [-0.15, -0.1) is 0 Å². The van der Waals surface area contributed by atoms with E-state index in [4.69, 9.17) is 11.6 Å². The number of fused-ring (bicyclic) bond motifs is 2. The maximum Gasteiger partial charge on any atom is 0.261 e. The van der Waals surface area contributed by atoms with Gasteiger partial charge in [0.05, 0.1) is 21.3 Å². The average Bonchev–Trinajstić information content (AvgIpc) is 3.14. The molecule has 8 heteroatoms. The number of carbonyl (C=O) groups is 3. The summed E-state index contributed by atoms with van der Waals surface area (Å²) in [7, 11) is 0. The van der Waals surface area contributed by atoms with E-state index in [2.05, 4.69) is 10.3 Å². The number of benzene rings is 2. The third-order valence-corrected chi connectivity index (χ3v) is 5.68. The van der Waals surface area contributed by atoms with Gasteiger partial charge >= 0.3 is 0 Å². The van der Waals surface area contributed by atoms with Crippen molar-refractivity contribution < 1.29 is 14.4 Å². The zero-order valence-corrected chi connectivity index (χ0v) is 16.6. The summed E-state index contributed by atoms with van der Waals surface area (Å²) in [5.41, 5.74) is 2.56. The lowest BCUT2D eigenvalue weighted by molar-refractivity contribution is -0.116. The topological polar surface area (TPSA) is 79.4 Å². The SMILES string of the molecule is Cc1ccc2c(c1)C(=O)N(CCCC(=O)Nc1nc3ccc(Cl)cc3s1)C2=O. The first kappa shape index (κ1) is 18.6. The number of carbonyl (C=O) groups excluding carboxylic acids is 3. The van der Waals surface area contributed by atoms with Gasteiger partial charge in [-0.25, -0.2) is 4.98 Å². The molecule has 0 radical (unpaired) electrons. The Hall–Kier alpha value is -2.77. The Bertz CT molecular complexity index is 1130. The Morgan fingerprint density at radius 1 is 1.14 bits per heavy atom. The fraction of sp³-hybridized carbons (Fsp3) is 0.200. The van der Waals surface area contributed by atoms with E-state index in [1.54, 1.807) is 30.3 Å². The van der Waals surface area contributed by atoms with E-state index in [1.165, 1.54) is 16.2 Å². The first-order chi connectivity index (χ1) is 13.4. The summed E-state index contributed by atoms with van der Waals surface area (Å²) in [6.07, 6.45) is 0.566. The second-order valence-electron chi connectivity index (χ2n) is 6.59. The molecule has 2 aromatic carbocycles. The number of imide groups is 1. The number of thiazole rings is 1. The molecular formula is C20H16ClN3O3S. The maximum absolute atomic E-state index is 12.4. The van der Waals surface area contributed by atoms with Crippen LogP contribution in [-0.2, 0) is 4.79 Å². The van der Waals surface area contributed by atoms with Gasteiger partial charge < -0.3 is 5.32 Å². The van der Waals surface area contributed by atoms with Crippen molar-refractivity contribution in [1.29, 1.82) is 0 Å². The molecule has 0 spiro atoms. The smallest absolute Gasteiger partial charge is 0.261 e. The predicted molar refractivity (Wildman–Crippen MR) is 109 cm³/mol. The van der Waals surface area contributed by atoms with Crippen molar-refractivity contribution in [2.45, 2.75) is 19.8 Å². The maximum atomic E-state index is 12.4. The Morgan fingerprint density at radius 3 is 2.75 bits per heavy atom. The average molecular weight is 414 g/mol. The third-order valence-electron chi connectivity index (χ3n) is 4.51. The van der Waals surface area contributed by atoms with Crippen molar-refractivity contribution in [3.63, 3.8) is 0 Å². The number of hydrogen-bond donors (Lipinski definition) is 1. The molecule has 0 fully saturated rings. The molecule has 0 saturated heterocycles. The van der Waals surface area contributed by atoms with E-state index in [9.17, 15) is 14.4 Å². The van der Waals surface area contributed by atoms with Crippen molar-refractivity contribution in [2.75, 3.05) is 11.9 Å². The van der Waals surface area contributed by atoms with Crippen LogP contribution in [0.2, 0.25) is 5.02 Å². The van der Waals surface area contributed by atoms with Crippen molar-refractivity contribution in [3.05, 3.63) is 58.1 Å². The summed E-state index contributed by atoms with van der Waals surface area (Å²) in [4.78, 5) is 42.6. The number of nitrogens with one attached hydrogen (secondary N) is 1. The molecule has 28 heavy (non-hydrogen) atoms. The number of halogens is 1. The minimum atomic E-state index is -0.302. The molecule has 142 valence electrons. The van der Waals surface area contributed by atoms with Gasteiger partial charge in [-0.2, -0.15) is 0 Å². The van der Waals surface area contributed by atoms with Gasteiger partial charge in [0.25, 0.3) is 11.8 Å². The standard InChI is InChI=1S/C20H16ClN3O3S/c1-11-4-6-13-14(9-11)19(27)24(18(13)26)8-2-3-17(25)23-20-22-15-7-5-12(21)10-16(15)28-20/h4-7,9-10H,2-3,8H2,1H3,(H,22,23,25). The Morgan fingerprint density at radius 2 is 1.93 bits per heavy atom. The van der Waals surface area contributed by atoms with Crippen LogP contribution in [0.3, 0.4) is 0 Å². The number of hydrogen-bond acceptors (Lipinski definition) is 5. The molecule has 0 unspecified atom stereocenters. The first-order valence-corrected chi connectivity index (χ1v) is 9.94. The van der Waals surface area contributed by atoms with Crippen LogP contribution < -0.4 is 5.32 Å². The van der Waals surface area contributed by atoms with Crippen LogP contribution in [0.5, 0.6) is 0 Å². The van der Waals surface area contributed by atoms with Crippen LogP contribution in [0, 0.1) is 6.92 Å². The molecule has 3 aromatic rings. The van der Waals surface area contributed by atoms with Crippen LogP contribution in [0.15, 0.2) is 36.4 Å². The minimum absolute atomic E-state index is 0.184. The Balaban J connectivity index is 1.34. The highest BCUT2D eigenvalue weighted by Gasteiger charge is 2.34. The van der Waals surface area contributed by atoms with E-state index >= 15 is 0 Å². The van der Waals surface area contributed by atoms with Crippen LogP contribution >= 0.6 is 22.9 Å². The van der Waals surface area contributed by atoms with Gasteiger partial charge in [0.1, 0.15) is 0 Å². The van der Waals surface area contributed by atoms with Gasteiger partial charge in [0, 0.05) is 18.0 Å². The second kappa shape index (κ2) is 7.33. The highest BCUT2D eigenvalue weighted by molar-refractivity contribution is 7.22. The molecule has 0 bridgehead atoms. The van der Waals surface area contributed by atoms with Gasteiger partial charge in [-0.05, 0) is 43.7 Å². The predicted octanol–water partition coefficient (Wildman–Crippen LogP) is 4.27. The van der Waals surface area contributed by atoms with Crippen LogP contribution in [0.25, 0.3) is 10.2 Å². The van der Waals surface area contributed by atoms with Gasteiger partial charge in [0.15, 0.2) is 5.13 Å². The largest absolute Gasteiger partial charge is 0.302 e. The van der Waals surface area contributed by atoms with Crippen molar-refractivity contribution in [1.82, 2.24) is 9.88 Å². The minimum Gasteiger partial charge on any atom is -0.302 e. The molecule has 3 amide bonds. The number of aryl methyl sites for hydroxylation is 1. The number of aromatic nitrogens is 1. The summed E-state index contributed by atoms with van der Waals surface area (Å²) in [6, 6.07) is 10.6. The first-order valence-electron chi connectivity index (χ1n) is 8.75. The molecule has 1 aliphatic heterocycles. The molecular weight excluding hydrogens is 398 g/mol. The quantitative estimate of drug-likeness (QED) is 0.633. The van der Waals surface area contributed by atoms with E-state index in [0.717, 1.165) is 15.8 Å². The van der Waals surface area contributed by atoms with E-state index in [-0.39, 0.29) is 30.7 Å². The zero-order valence-electron chi connectivity index (χ0n) is 15.0. The number of anilines is 1. The molecule has 1 N–H and O–H groups in total. The fourth-order valence-electron chi connectivity index (χ4n) is 3.14. The number of nitrogens with zero attached hydrogens (tertiary/aromatic N) is 2. The Kier molecular flexibility index (Phi) is 4.87. The van der Waals surface area contributed by atoms with E-state index in [1.807, 2.05) is 13.0 Å². The van der Waals surface area contributed by atoms with Crippen molar-refractivity contribution in [2.24, 2.45) is 0 Å². The normalized spacial score (nSPS) is 13.3. The molecule has 0 atom stereocenters. The molecule has 1 aromatic heterocycles. The monoisotopic (exact) mass is 413 g/mol. The molecule has 6 nitrogen and oxygen atoms in total. The number of rotatable bonds is 5. The van der Waals surface area contributed by atoms with Gasteiger partial charge in [-0.3, -0.25) is 19.3 Å². The van der Waals surface area contributed by atoms with Crippen molar-refractivity contribution in [3.8, 4) is 0 Å². The fourth-order valence-corrected chi connectivity index (χ4v) is 4.30. The molecule has 2 heterocycles. The molecule has 0 aliphatic carbocycles. The lowest BCUT2D eigenvalue weighted by Gasteiger charge is -2.13. The van der Waals surface area contributed by atoms with E-state index in [0.29, 0.717) is 27.7 Å². The molecule has 4 rings (SSSR count). The zero-order chi connectivity index (χ0) is 19.8. The van der Waals surface area contributed by atoms with Crippen LogP contribution in [0.1, 0.15) is 39.1 Å². The lowest BCUT2D eigenvalue weighted by Crippen LogP contribution is -2.31. The molecule has 0 saturated carbocycles. The third kappa shape index (κ3) is 3.50. The summed E-state index contributed by atoms with van der Waals surface area (Å²) >= 11 is 7.31. The van der Waals surface area contributed by atoms with Gasteiger partial charge in [0.2, 0.25) is 5.91 Å². The number of amides is 3.